The van der Waals surface area contributed by atoms with Crippen LogP contribution in [0.5, 0.6) is 5.75 Å². The fourth-order valence-corrected chi connectivity index (χ4v) is 1.41. The number of hydrogen-bond acceptors (Lipinski definition) is 2. The molecule has 0 N–H and O–H groups in total. The maximum absolute atomic E-state index is 5.54. The van der Waals surface area contributed by atoms with Crippen molar-refractivity contribution in [2.45, 2.75) is 26.2 Å². The lowest BCUT2D eigenvalue weighted by Gasteiger charge is -2.07. The molecular weight excluding hydrogens is 188 g/mol. The van der Waals surface area contributed by atoms with E-state index in [4.69, 9.17) is 9.47 Å². The van der Waals surface area contributed by atoms with E-state index in [1.54, 1.807) is 7.11 Å². The quantitative estimate of drug-likeness (QED) is 0.641. The summed E-state index contributed by atoms with van der Waals surface area (Å²) in [6.07, 6.45) is 3.61. The Hall–Kier alpha value is -1.02. The van der Waals surface area contributed by atoms with Crippen LogP contribution in [0, 0.1) is 0 Å². The summed E-state index contributed by atoms with van der Waals surface area (Å²) in [7, 11) is 1.68. The highest BCUT2D eigenvalue weighted by Crippen LogP contribution is 2.14. The first kappa shape index (κ1) is 12.1. The number of aryl methyl sites for hydroxylation is 1. The zero-order valence-corrected chi connectivity index (χ0v) is 9.66. The van der Waals surface area contributed by atoms with Gasteiger partial charge in [-0.15, -0.1) is 0 Å². The van der Waals surface area contributed by atoms with Gasteiger partial charge in [-0.3, -0.25) is 0 Å². The second-order valence-corrected chi connectivity index (χ2v) is 3.59. The minimum absolute atomic E-state index is 0.619. The molecule has 1 aromatic rings. The van der Waals surface area contributed by atoms with Crippen molar-refractivity contribution in [3.63, 3.8) is 0 Å². The van der Waals surface area contributed by atoms with E-state index in [0.29, 0.717) is 13.2 Å². The molecule has 0 spiro atoms. The third-order valence-electron chi connectivity index (χ3n) is 2.27. The molecule has 0 aliphatic carbocycles. The van der Waals surface area contributed by atoms with Gasteiger partial charge in [0.1, 0.15) is 12.4 Å². The van der Waals surface area contributed by atoms with Gasteiger partial charge in [0, 0.05) is 7.11 Å². The molecule has 0 aliphatic rings. The largest absolute Gasteiger partial charge is 0.491 e. The van der Waals surface area contributed by atoms with Crippen molar-refractivity contribution in [1.82, 2.24) is 0 Å². The van der Waals surface area contributed by atoms with Crippen LogP contribution in [0.2, 0.25) is 0 Å². The summed E-state index contributed by atoms with van der Waals surface area (Å²) < 4.78 is 10.5. The van der Waals surface area contributed by atoms with Gasteiger partial charge in [-0.2, -0.15) is 0 Å². The number of benzene rings is 1. The van der Waals surface area contributed by atoms with Gasteiger partial charge < -0.3 is 9.47 Å². The Bertz CT molecular complexity index is 271. The summed E-state index contributed by atoms with van der Waals surface area (Å²) in [6, 6.07) is 8.31. The Balaban J connectivity index is 2.42. The van der Waals surface area contributed by atoms with E-state index < -0.39 is 0 Å². The highest BCUT2D eigenvalue weighted by atomic mass is 16.5. The molecule has 1 rings (SSSR count). The second-order valence-electron chi connectivity index (χ2n) is 3.59. The van der Waals surface area contributed by atoms with Gasteiger partial charge in [-0.05, 0) is 30.5 Å². The third kappa shape index (κ3) is 4.84. The Morgan fingerprint density at radius 3 is 2.80 bits per heavy atom. The van der Waals surface area contributed by atoms with Crippen molar-refractivity contribution < 1.29 is 9.47 Å². The molecule has 2 heteroatoms. The van der Waals surface area contributed by atoms with Crippen molar-refractivity contribution in [1.29, 1.82) is 0 Å². The third-order valence-corrected chi connectivity index (χ3v) is 2.27. The molecule has 0 heterocycles. The summed E-state index contributed by atoms with van der Waals surface area (Å²) in [5.74, 6) is 0.945. The summed E-state index contributed by atoms with van der Waals surface area (Å²) in [6.45, 7) is 3.46. The highest BCUT2D eigenvalue weighted by Gasteiger charge is 1.96. The molecule has 0 atom stereocenters. The molecular formula is C13H20O2. The highest BCUT2D eigenvalue weighted by molar-refractivity contribution is 5.28. The zero-order chi connectivity index (χ0) is 10.9. The minimum atomic E-state index is 0.619. The lowest BCUT2D eigenvalue weighted by atomic mass is 10.1. The molecule has 2 nitrogen and oxygen atoms in total. The Labute approximate surface area is 92.2 Å². The average Bonchev–Trinajstić information content (AvgIpc) is 2.27. The molecule has 15 heavy (non-hydrogen) atoms. The number of ether oxygens (including phenoxy) is 2. The number of unbranched alkanes of at least 4 members (excludes halogenated alkanes) is 1. The molecule has 0 unspecified atom stereocenters. The van der Waals surface area contributed by atoms with Crippen molar-refractivity contribution >= 4 is 0 Å². The van der Waals surface area contributed by atoms with Crippen LogP contribution in [0.25, 0.3) is 0 Å². The van der Waals surface area contributed by atoms with Gasteiger partial charge in [0.2, 0.25) is 0 Å². The van der Waals surface area contributed by atoms with Gasteiger partial charge in [0.15, 0.2) is 0 Å². The van der Waals surface area contributed by atoms with E-state index in [9.17, 15) is 0 Å². The number of rotatable bonds is 7. The molecule has 0 aromatic heterocycles. The Kier molecular flexibility index (Phi) is 5.86. The van der Waals surface area contributed by atoms with Crippen LogP contribution in [0.3, 0.4) is 0 Å². The predicted octanol–water partition coefficient (Wildman–Crippen LogP) is 3.05. The molecule has 0 amide bonds. The zero-order valence-electron chi connectivity index (χ0n) is 9.66. The summed E-state index contributed by atoms with van der Waals surface area (Å²) in [5, 5.41) is 0. The number of methoxy groups -OCH3 is 1. The van der Waals surface area contributed by atoms with Crippen LogP contribution in [0.1, 0.15) is 25.3 Å². The second kappa shape index (κ2) is 7.30. The van der Waals surface area contributed by atoms with Crippen LogP contribution >= 0.6 is 0 Å². The molecule has 0 bridgehead atoms. The van der Waals surface area contributed by atoms with E-state index >= 15 is 0 Å². The van der Waals surface area contributed by atoms with Crippen LogP contribution < -0.4 is 4.74 Å². The predicted molar refractivity (Wildman–Crippen MR) is 62.4 cm³/mol. The van der Waals surface area contributed by atoms with Crippen LogP contribution in [0.4, 0.5) is 0 Å². The van der Waals surface area contributed by atoms with Crippen LogP contribution in [-0.4, -0.2) is 20.3 Å². The van der Waals surface area contributed by atoms with Crippen molar-refractivity contribution in [2.24, 2.45) is 0 Å². The van der Waals surface area contributed by atoms with E-state index in [-0.39, 0.29) is 0 Å². The van der Waals surface area contributed by atoms with E-state index in [1.807, 2.05) is 12.1 Å². The van der Waals surface area contributed by atoms with Crippen LogP contribution in [-0.2, 0) is 11.2 Å². The van der Waals surface area contributed by atoms with Gasteiger partial charge >= 0.3 is 0 Å². The standard InChI is InChI=1S/C13H20O2/c1-3-4-6-12-7-5-8-13(11-12)15-10-9-14-2/h5,7-8,11H,3-4,6,9-10H2,1-2H3. The summed E-state index contributed by atoms with van der Waals surface area (Å²) >= 11 is 0. The fourth-order valence-electron chi connectivity index (χ4n) is 1.41. The molecule has 0 saturated carbocycles. The normalized spacial score (nSPS) is 10.3. The van der Waals surface area contributed by atoms with Crippen LogP contribution in [0.15, 0.2) is 24.3 Å². The SMILES string of the molecule is CCCCc1cccc(OCCOC)c1. The molecule has 0 saturated heterocycles. The van der Waals surface area contributed by atoms with Crippen molar-refractivity contribution in [2.75, 3.05) is 20.3 Å². The molecule has 0 radical (unpaired) electrons. The first-order chi connectivity index (χ1) is 7.36. The molecule has 84 valence electrons. The van der Waals surface area contributed by atoms with Crippen molar-refractivity contribution in [3.8, 4) is 5.75 Å². The molecule has 0 aliphatic heterocycles. The maximum Gasteiger partial charge on any atom is 0.119 e. The molecule has 0 fully saturated rings. The number of hydrogen-bond donors (Lipinski definition) is 0. The lowest BCUT2D eigenvalue weighted by Crippen LogP contribution is -2.04. The van der Waals surface area contributed by atoms with Gasteiger partial charge in [0.05, 0.1) is 6.61 Å². The van der Waals surface area contributed by atoms with E-state index in [1.165, 1.54) is 18.4 Å². The van der Waals surface area contributed by atoms with Gasteiger partial charge in [0.25, 0.3) is 0 Å². The van der Waals surface area contributed by atoms with E-state index in [2.05, 4.69) is 19.1 Å². The maximum atomic E-state index is 5.54. The minimum Gasteiger partial charge on any atom is -0.491 e. The van der Waals surface area contributed by atoms with E-state index in [0.717, 1.165) is 12.2 Å². The first-order valence-electron chi connectivity index (χ1n) is 5.57. The Morgan fingerprint density at radius 1 is 1.20 bits per heavy atom. The van der Waals surface area contributed by atoms with Crippen molar-refractivity contribution in [3.05, 3.63) is 29.8 Å². The summed E-state index contributed by atoms with van der Waals surface area (Å²) in [5.41, 5.74) is 1.35. The Morgan fingerprint density at radius 2 is 2.07 bits per heavy atom. The fraction of sp³-hybridized carbons (Fsp3) is 0.538. The van der Waals surface area contributed by atoms with Gasteiger partial charge in [-0.25, -0.2) is 0 Å². The lowest BCUT2D eigenvalue weighted by molar-refractivity contribution is 0.146. The average molecular weight is 208 g/mol. The topological polar surface area (TPSA) is 18.5 Å². The molecule has 1 aromatic carbocycles. The summed E-state index contributed by atoms with van der Waals surface area (Å²) in [4.78, 5) is 0. The van der Waals surface area contributed by atoms with Gasteiger partial charge in [-0.1, -0.05) is 25.5 Å². The monoisotopic (exact) mass is 208 g/mol. The first-order valence-corrected chi connectivity index (χ1v) is 5.57. The smallest absolute Gasteiger partial charge is 0.119 e.